The van der Waals surface area contributed by atoms with Crippen LogP contribution in [0.4, 0.5) is 0 Å². The van der Waals surface area contributed by atoms with Crippen LogP contribution in [0.3, 0.4) is 0 Å². The number of aliphatic carboxylic acids is 1. The molecule has 0 aliphatic carbocycles. The molecule has 0 aliphatic heterocycles. The second kappa shape index (κ2) is 5.64. The predicted molar refractivity (Wildman–Crippen MR) is 54.2 cm³/mol. The minimum atomic E-state index is -1.02. The van der Waals surface area contributed by atoms with Gasteiger partial charge in [0.25, 0.3) is 0 Å². The maximum atomic E-state index is 10.3. The number of oxime groups is 1. The van der Waals surface area contributed by atoms with Crippen LogP contribution < -0.4 is 4.74 Å². The molecule has 0 atom stereocenters. The van der Waals surface area contributed by atoms with Crippen molar-refractivity contribution in [3.05, 3.63) is 29.8 Å². The molecule has 0 radical (unpaired) electrons. The van der Waals surface area contributed by atoms with E-state index in [1.165, 1.54) is 13.3 Å². The number of ether oxygens (including phenoxy) is 1. The summed E-state index contributed by atoms with van der Waals surface area (Å²) in [6.07, 6.45) is 1.46. The first-order valence-electron chi connectivity index (χ1n) is 4.24. The third kappa shape index (κ3) is 3.68. The molecular weight excluding hydrogens is 198 g/mol. The highest BCUT2D eigenvalue weighted by Crippen LogP contribution is 2.15. The fraction of sp³-hybridized carbons (Fsp3) is 0.200. The van der Waals surface area contributed by atoms with Gasteiger partial charge >= 0.3 is 5.97 Å². The minimum Gasteiger partial charge on any atom is -0.481 e. The Morgan fingerprint density at radius 1 is 1.53 bits per heavy atom. The van der Waals surface area contributed by atoms with Crippen molar-refractivity contribution >= 4 is 12.2 Å². The van der Waals surface area contributed by atoms with Crippen molar-refractivity contribution in [1.29, 1.82) is 0 Å². The number of hydrogen-bond donors (Lipinski definition) is 1. The van der Waals surface area contributed by atoms with Gasteiger partial charge in [-0.3, -0.25) is 0 Å². The van der Waals surface area contributed by atoms with Crippen LogP contribution in [0.2, 0.25) is 0 Å². The van der Waals surface area contributed by atoms with Gasteiger partial charge in [-0.2, -0.15) is 0 Å². The van der Waals surface area contributed by atoms with Gasteiger partial charge in [0, 0.05) is 5.56 Å². The maximum absolute atomic E-state index is 10.3. The Bertz CT molecular complexity index is 362. The molecular formula is C10H11NO4. The molecule has 15 heavy (non-hydrogen) atoms. The van der Waals surface area contributed by atoms with Gasteiger partial charge < -0.3 is 14.7 Å². The number of benzene rings is 1. The topological polar surface area (TPSA) is 68.1 Å². The average Bonchev–Trinajstić information content (AvgIpc) is 2.24. The zero-order valence-corrected chi connectivity index (χ0v) is 8.21. The van der Waals surface area contributed by atoms with Crippen LogP contribution in [0, 0.1) is 0 Å². The zero-order valence-electron chi connectivity index (χ0n) is 8.21. The molecule has 0 amide bonds. The molecule has 1 aromatic rings. The van der Waals surface area contributed by atoms with Gasteiger partial charge in [0.2, 0.25) is 0 Å². The van der Waals surface area contributed by atoms with E-state index in [1.54, 1.807) is 24.3 Å². The third-order valence-corrected chi connectivity index (χ3v) is 1.57. The number of carboxylic acids is 1. The number of carbonyl (C=O) groups is 1. The molecule has 1 N–H and O–H groups in total. The van der Waals surface area contributed by atoms with Gasteiger partial charge in [-0.15, -0.1) is 0 Å². The lowest BCUT2D eigenvalue weighted by Crippen LogP contribution is -2.10. The smallest absolute Gasteiger partial charge is 0.341 e. The quantitative estimate of drug-likeness (QED) is 0.583. The van der Waals surface area contributed by atoms with E-state index in [1.807, 2.05) is 0 Å². The van der Waals surface area contributed by atoms with Crippen LogP contribution in [0.5, 0.6) is 5.75 Å². The van der Waals surface area contributed by atoms with Gasteiger partial charge in [-0.05, 0) is 12.1 Å². The van der Waals surface area contributed by atoms with E-state index in [4.69, 9.17) is 9.84 Å². The van der Waals surface area contributed by atoms with E-state index in [2.05, 4.69) is 9.99 Å². The molecule has 0 bridgehead atoms. The highest BCUT2D eigenvalue weighted by molar-refractivity contribution is 5.83. The molecule has 0 aliphatic rings. The summed E-state index contributed by atoms with van der Waals surface area (Å²) in [7, 11) is 1.43. The van der Waals surface area contributed by atoms with Gasteiger partial charge in [-0.1, -0.05) is 17.3 Å². The van der Waals surface area contributed by atoms with E-state index >= 15 is 0 Å². The van der Waals surface area contributed by atoms with Crippen molar-refractivity contribution in [3.63, 3.8) is 0 Å². The lowest BCUT2D eigenvalue weighted by Gasteiger charge is -2.05. The van der Waals surface area contributed by atoms with Crippen LogP contribution in [0.1, 0.15) is 5.56 Å². The summed E-state index contributed by atoms with van der Waals surface area (Å²) in [4.78, 5) is 14.8. The van der Waals surface area contributed by atoms with Crippen LogP contribution in [0.15, 0.2) is 29.4 Å². The fourth-order valence-corrected chi connectivity index (χ4v) is 0.968. The summed E-state index contributed by atoms with van der Waals surface area (Å²) in [6.45, 7) is -0.377. The molecule has 0 fully saturated rings. The molecule has 1 aromatic carbocycles. The van der Waals surface area contributed by atoms with Crippen molar-refractivity contribution in [2.45, 2.75) is 0 Å². The Kier molecular flexibility index (Phi) is 4.15. The minimum absolute atomic E-state index is 0.377. The van der Waals surface area contributed by atoms with E-state index < -0.39 is 5.97 Å². The molecule has 0 heterocycles. The Morgan fingerprint density at radius 2 is 2.27 bits per heavy atom. The van der Waals surface area contributed by atoms with E-state index in [0.29, 0.717) is 11.3 Å². The van der Waals surface area contributed by atoms with Crippen molar-refractivity contribution in [2.24, 2.45) is 5.16 Å². The average molecular weight is 209 g/mol. The highest BCUT2D eigenvalue weighted by Gasteiger charge is 2.03. The number of rotatable bonds is 5. The first kappa shape index (κ1) is 11.0. The van der Waals surface area contributed by atoms with Gasteiger partial charge in [-0.25, -0.2) is 4.79 Å². The van der Waals surface area contributed by atoms with Gasteiger partial charge in [0.15, 0.2) is 6.61 Å². The summed E-state index contributed by atoms with van der Waals surface area (Å²) >= 11 is 0. The van der Waals surface area contributed by atoms with Crippen molar-refractivity contribution in [3.8, 4) is 5.75 Å². The zero-order chi connectivity index (χ0) is 11.1. The Morgan fingerprint density at radius 3 is 2.93 bits per heavy atom. The Balaban J connectivity index is 2.76. The molecule has 0 spiro atoms. The molecule has 5 heteroatoms. The standard InChI is InChI=1S/C10H11NO4/c1-14-11-6-8-4-2-3-5-9(8)15-7-10(12)13/h2-6H,7H2,1H3,(H,12,13). The van der Waals surface area contributed by atoms with Crippen LogP contribution >= 0.6 is 0 Å². The molecule has 1 rings (SSSR count). The predicted octanol–water partition coefficient (Wildman–Crippen LogP) is 1.13. The van der Waals surface area contributed by atoms with Crippen LogP contribution in [0.25, 0.3) is 0 Å². The summed E-state index contributed by atoms with van der Waals surface area (Å²) in [5.41, 5.74) is 0.667. The van der Waals surface area contributed by atoms with E-state index in [-0.39, 0.29) is 6.61 Å². The van der Waals surface area contributed by atoms with Crippen molar-refractivity contribution in [1.82, 2.24) is 0 Å². The second-order valence-corrected chi connectivity index (χ2v) is 2.64. The number of nitrogens with zero attached hydrogens (tertiary/aromatic N) is 1. The van der Waals surface area contributed by atoms with Crippen molar-refractivity contribution < 1.29 is 19.5 Å². The lowest BCUT2D eigenvalue weighted by molar-refractivity contribution is -0.139. The molecule has 5 nitrogen and oxygen atoms in total. The van der Waals surface area contributed by atoms with E-state index in [0.717, 1.165) is 0 Å². The number of carboxylic acid groups (broad SMARTS) is 1. The lowest BCUT2D eigenvalue weighted by atomic mass is 10.2. The maximum Gasteiger partial charge on any atom is 0.341 e. The van der Waals surface area contributed by atoms with Crippen LogP contribution in [-0.4, -0.2) is 31.0 Å². The molecule has 0 saturated heterocycles. The summed E-state index contributed by atoms with van der Waals surface area (Å²) < 4.78 is 5.05. The van der Waals surface area contributed by atoms with E-state index in [9.17, 15) is 4.79 Å². The summed E-state index contributed by atoms with van der Waals surface area (Å²) in [6, 6.07) is 6.96. The van der Waals surface area contributed by atoms with Gasteiger partial charge in [0.05, 0.1) is 6.21 Å². The largest absolute Gasteiger partial charge is 0.481 e. The first-order chi connectivity index (χ1) is 7.24. The number of para-hydroxylation sites is 1. The molecule has 0 saturated carbocycles. The summed E-state index contributed by atoms with van der Waals surface area (Å²) in [5.74, 6) is -0.561. The van der Waals surface area contributed by atoms with Crippen LogP contribution in [-0.2, 0) is 9.63 Å². The monoisotopic (exact) mass is 209 g/mol. The normalized spacial score (nSPS) is 10.2. The number of hydrogen-bond acceptors (Lipinski definition) is 4. The second-order valence-electron chi connectivity index (χ2n) is 2.64. The third-order valence-electron chi connectivity index (χ3n) is 1.57. The Hall–Kier alpha value is -2.04. The Labute approximate surface area is 86.9 Å². The molecule has 0 aromatic heterocycles. The fourth-order valence-electron chi connectivity index (χ4n) is 0.968. The van der Waals surface area contributed by atoms with Crippen molar-refractivity contribution in [2.75, 3.05) is 13.7 Å². The molecule has 80 valence electrons. The van der Waals surface area contributed by atoms with Gasteiger partial charge in [0.1, 0.15) is 12.9 Å². The SMILES string of the molecule is CON=Cc1ccccc1OCC(=O)O. The highest BCUT2D eigenvalue weighted by atomic mass is 16.6. The molecule has 0 unspecified atom stereocenters. The first-order valence-corrected chi connectivity index (χ1v) is 4.24. The summed E-state index contributed by atoms with van der Waals surface area (Å²) in [5, 5.41) is 12.0.